The van der Waals surface area contributed by atoms with E-state index in [0.29, 0.717) is 0 Å². The van der Waals surface area contributed by atoms with Gasteiger partial charge in [-0.25, -0.2) is 10.9 Å². The zero-order chi connectivity index (χ0) is 16.0. The molecule has 0 heterocycles. The minimum absolute atomic E-state index is 0.0448. The minimum atomic E-state index is -0.825. The molecular formula is C9H10N6O6. The first-order valence-corrected chi connectivity index (χ1v) is 5.19. The Bertz CT molecular complexity index is 615. The molecule has 0 spiro atoms. The van der Waals surface area contributed by atoms with Crippen LogP contribution in [-0.2, 0) is 0 Å². The highest BCUT2D eigenvalue weighted by atomic mass is 16.6. The molecule has 0 amide bonds. The van der Waals surface area contributed by atoms with Gasteiger partial charge in [-0.05, 0) is 0 Å². The van der Waals surface area contributed by atoms with Gasteiger partial charge in [-0.2, -0.15) is 5.10 Å². The molecule has 21 heavy (non-hydrogen) atoms. The molecule has 0 atom stereocenters. The lowest BCUT2D eigenvalue weighted by atomic mass is 10.1. The predicted molar refractivity (Wildman–Crippen MR) is 69.7 cm³/mol. The van der Waals surface area contributed by atoms with Crippen molar-refractivity contribution in [3.05, 3.63) is 37.9 Å². The van der Waals surface area contributed by atoms with Crippen molar-refractivity contribution in [1.82, 2.24) is 10.9 Å². The van der Waals surface area contributed by atoms with Crippen LogP contribution in [0.15, 0.2) is 17.2 Å². The van der Waals surface area contributed by atoms with Gasteiger partial charge in [0.1, 0.15) is 0 Å². The highest BCUT2D eigenvalue weighted by Crippen LogP contribution is 2.34. The molecule has 1 rings (SSSR count). The summed E-state index contributed by atoms with van der Waals surface area (Å²) in [6.07, 6.45) is 0.977. The van der Waals surface area contributed by atoms with Crippen molar-refractivity contribution < 1.29 is 19.8 Å². The maximum Gasteiger partial charge on any atom is 0.318 e. The van der Waals surface area contributed by atoms with E-state index < -0.39 is 27.2 Å². The molecule has 4 N–H and O–H groups in total. The Morgan fingerprint density at radius 3 is 2.57 bits per heavy atom. The summed E-state index contributed by atoms with van der Waals surface area (Å²) in [6, 6.07) is 1.79. The van der Waals surface area contributed by atoms with E-state index in [1.807, 2.05) is 5.43 Å². The first-order valence-electron chi connectivity index (χ1n) is 5.19. The number of nitrogens with one attached hydrogen (secondary N) is 3. The Morgan fingerprint density at radius 1 is 1.43 bits per heavy atom. The van der Waals surface area contributed by atoms with Crippen LogP contribution in [0.1, 0.15) is 5.56 Å². The molecule has 0 aromatic heterocycles. The number of nitrogens with zero attached hydrogens (tertiary/aromatic N) is 3. The van der Waals surface area contributed by atoms with Gasteiger partial charge < -0.3 is 4.74 Å². The van der Waals surface area contributed by atoms with E-state index in [2.05, 4.69) is 5.10 Å². The van der Waals surface area contributed by atoms with Gasteiger partial charge in [0.05, 0.1) is 34.8 Å². The number of benzene rings is 1. The van der Waals surface area contributed by atoms with Crippen LogP contribution in [0.3, 0.4) is 0 Å². The number of nitro groups is 2. The standard InChI is InChI=1S/C9H10N6O6/c1-21-8-5(4-11-12-9(10)13-16)2-6(14(17)18)3-7(8)15(19)20/h2-4,16H,1H3,(H3,10,12,13)/b11-4+. The smallest absolute Gasteiger partial charge is 0.318 e. The monoisotopic (exact) mass is 298 g/mol. The second-order valence-electron chi connectivity index (χ2n) is 3.46. The van der Waals surface area contributed by atoms with Crippen LogP contribution in [0, 0.1) is 25.6 Å². The topological polar surface area (TPSA) is 176 Å². The van der Waals surface area contributed by atoms with Crippen molar-refractivity contribution in [3.8, 4) is 5.75 Å². The van der Waals surface area contributed by atoms with E-state index >= 15 is 0 Å². The summed E-state index contributed by atoms with van der Waals surface area (Å²) in [4.78, 5) is 20.0. The fourth-order valence-corrected chi connectivity index (χ4v) is 1.37. The second-order valence-corrected chi connectivity index (χ2v) is 3.46. The number of nitro benzene ring substituents is 2. The summed E-state index contributed by atoms with van der Waals surface area (Å²) in [6.45, 7) is 0. The van der Waals surface area contributed by atoms with Gasteiger partial charge >= 0.3 is 5.69 Å². The number of hydroxylamine groups is 1. The average molecular weight is 298 g/mol. The Hall–Kier alpha value is -3.28. The summed E-state index contributed by atoms with van der Waals surface area (Å²) >= 11 is 0. The fourth-order valence-electron chi connectivity index (χ4n) is 1.37. The van der Waals surface area contributed by atoms with E-state index in [0.717, 1.165) is 25.5 Å². The number of ether oxygens (including phenoxy) is 1. The Labute approximate surface area is 116 Å². The molecule has 1 aromatic carbocycles. The van der Waals surface area contributed by atoms with Gasteiger partial charge in [0.2, 0.25) is 11.7 Å². The van der Waals surface area contributed by atoms with E-state index in [4.69, 9.17) is 15.4 Å². The van der Waals surface area contributed by atoms with Crippen molar-refractivity contribution >= 4 is 23.5 Å². The maximum atomic E-state index is 10.9. The molecule has 112 valence electrons. The molecule has 0 unspecified atom stereocenters. The summed E-state index contributed by atoms with van der Waals surface area (Å²) in [5.41, 5.74) is 2.32. The molecule has 0 aliphatic carbocycles. The normalized spacial score (nSPS) is 10.2. The van der Waals surface area contributed by atoms with Crippen molar-refractivity contribution in [1.29, 1.82) is 5.41 Å². The van der Waals surface area contributed by atoms with Crippen molar-refractivity contribution in [2.75, 3.05) is 7.11 Å². The first kappa shape index (κ1) is 15.8. The van der Waals surface area contributed by atoms with E-state index in [1.165, 1.54) is 5.48 Å². The zero-order valence-electron chi connectivity index (χ0n) is 10.6. The van der Waals surface area contributed by atoms with Crippen LogP contribution in [0.25, 0.3) is 0 Å². The summed E-state index contributed by atoms with van der Waals surface area (Å²) in [5.74, 6) is -0.787. The van der Waals surface area contributed by atoms with Crippen molar-refractivity contribution in [2.24, 2.45) is 5.10 Å². The molecule has 0 saturated carbocycles. The van der Waals surface area contributed by atoms with Crippen molar-refractivity contribution in [2.45, 2.75) is 0 Å². The van der Waals surface area contributed by atoms with E-state index in [1.54, 1.807) is 0 Å². The Balaban J connectivity index is 3.30. The molecule has 12 heteroatoms. The summed E-state index contributed by atoms with van der Waals surface area (Å²) in [5, 5.41) is 40.5. The molecule has 1 aromatic rings. The van der Waals surface area contributed by atoms with E-state index in [-0.39, 0.29) is 11.3 Å². The van der Waals surface area contributed by atoms with Gasteiger partial charge in [0, 0.05) is 6.07 Å². The lowest BCUT2D eigenvalue weighted by molar-refractivity contribution is -0.394. The number of rotatable bonds is 5. The lowest BCUT2D eigenvalue weighted by Gasteiger charge is -2.05. The van der Waals surface area contributed by atoms with Gasteiger partial charge in [-0.3, -0.25) is 30.8 Å². The molecule has 0 bridgehead atoms. The number of methoxy groups -OCH3 is 1. The van der Waals surface area contributed by atoms with E-state index in [9.17, 15) is 20.2 Å². The number of hydrogen-bond acceptors (Lipinski definition) is 8. The number of hydrazone groups is 1. The fraction of sp³-hybridized carbons (Fsp3) is 0.111. The maximum absolute atomic E-state index is 10.9. The van der Waals surface area contributed by atoms with Crippen LogP contribution >= 0.6 is 0 Å². The van der Waals surface area contributed by atoms with Crippen LogP contribution in [0.2, 0.25) is 0 Å². The highest BCUT2D eigenvalue weighted by Gasteiger charge is 2.24. The number of hydrogen-bond donors (Lipinski definition) is 4. The molecule has 0 saturated heterocycles. The molecular weight excluding hydrogens is 288 g/mol. The Kier molecular flexibility index (Phi) is 5.08. The van der Waals surface area contributed by atoms with Crippen molar-refractivity contribution in [3.63, 3.8) is 0 Å². The molecule has 0 aliphatic heterocycles. The second kappa shape index (κ2) is 6.76. The van der Waals surface area contributed by atoms with Gasteiger partial charge in [0.25, 0.3) is 5.69 Å². The minimum Gasteiger partial charge on any atom is -0.490 e. The van der Waals surface area contributed by atoms with Crippen LogP contribution in [-0.4, -0.2) is 34.3 Å². The van der Waals surface area contributed by atoms with Crippen LogP contribution in [0.5, 0.6) is 5.75 Å². The lowest BCUT2D eigenvalue weighted by Crippen LogP contribution is -2.30. The third kappa shape index (κ3) is 3.84. The molecule has 12 nitrogen and oxygen atoms in total. The summed E-state index contributed by atoms with van der Waals surface area (Å²) in [7, 11) is 1.16. The SMILES string of the molecule is COc1c(/C=N/NC(=N)NO)cc([N+](=O)[O-])cc1[N+](=O)[O-]. The number of non-ortho nitro benzene ring substituents is 1. The quantitative estimate of drug-likeness (QED) is 0.260. The third-order valence-electron chi connectivity index (χ3n) is 2.19. The average Bonchev–Trinajstić information content (AvgIpc) is 2.45. The largest absolute Gasteiger partial charge is 0.490 e. The first-order chi connectivity index (χ1) is 9.90. The highest BCUT2D eigenvalue weighted by molar-refractivity contribution is 5.88. The third-order valence-corrected chi connectivity index (χ3v) is 2.19. The van der Waals surface area contributed by atoms with Gasteiger partial charge in [-0.1, -0.05) is 0 Å². The summed E-state index contributed by atoms with van der Waals surface area (Å²) < 4.78 is 4.85. The Morgan fingerprint density at radius 2 is 2.10 bits per heavy atom. The predicted octanol–water partition coefficient (Wildman–Crippen LogP) is 0.349. The van der Waals surface area contributed by atoms with Crippen LogP contribution < -0.4 is 15.6 Å². The zero-order valence-corrected chi connectivity index (χ0v) is 10.6. The molecule has 0 fully saturated rings. The molecule has 0 radical (unpaired) electrons. The van der Waals surface area contributed by atoms with Gasteiger partial charge in [-0.15, -0.1) is 0 Å². The number of guanidine groups is 1. The van der Waals surface area contributed by atoms with Gasteiger partial charge in [0.15, 0.2) is 0 Å². The van der Waals surface area contributed by atoms with Crippen LogP contribution in [0.4, 0.5) is 11.4 Å². The molecule has 0 aliphatic rings.